The number of hydrogen-bond acceptors (Lipinski definition) is 3. The predicted molar refractivity (Wildman–Crippen MR) is 72.1 cm³/mol. The minimum Gasteiger partial charge on any atom is -0.375 e. The maximum atomic E-state index is 4.17. The van der Waals surface area contributed by atoms with E-state index in [1.807, 2.05) is 13.8 Å². The first-order valence-electron chi connectivity index (χ1n) is 5.11. The molecule has 0 bridgehead atoms. The Morgan fingerprint density at radius 1 is 1.44 bits per heavy atom. The lowest BCUT2D eigenvalue weighted by molar-refractivity contribution is 0.903. The fraction of sp³-hybridized carbons (Fsp3) is 0.364. The Bertz CT molecular complexity index is 470. The van der Waals surface area contributed by atoms with Crippen LogP contribution in [0.5, 0.6) is 0 Å². The third-order valence-corrected chi connectivity index (χ3v) is 4.32. The van der Waals surface area contributed by atoms with E-state index in [2.05, 4.69) is 50.5 Å². The molecule has 1 atom stereocenters. The number of halogens is 1. The highest BCUT2D eigenvalue weighted by Crippen LogP contribution is 2.30. The maximum absolute atomic E-state index is 4.17. The number of rotatable bonds is 3. The number of hydrogen-bond donors (Lipinski definition) is 2. The molecule has 0 aliphatic carbocycles. The Morgan fingerprint density at radius 3 is 2.69 bits per heavy atom. The minimum absolute atomic E-state index is 0.297. The molecule has 0 aliphatic rings. The van der Waals surface area contributed by atoms with Crippen molar-refractivity contribution in [3.63, 3.8) is 0 Å². The first-order chi connectivity index (χ1) is 7.58. The van der Waals surface area contributed by atoms with Crippen molar-refractivity contribution < 1.29 is 0 Å². The van der Waals surface area contributed by atoms with Crippen LogP contribution in [-0.2, 0) is 0 Å². The fourth-order valence-electron chi connectivity index (χ4n) is 1.61. The molecule has 0 saturated carbocycles. The van der Waals surface area contributed by atoms with Crippen molar-refractivity contribution >= 4 is 33.0 Å². The molecule has 2 aromatic rings. The average Bonchev–Trinajstić information content (AvgIpc) is 2.79. The summed E-state index contributed by atoms with van der Waals surface area (Å²) in [5.41, 5.74) is 3.21. The number of anilines is 1. The molecule has 0 spiro atoms. The van der Waals surface area contributed by atoms with E-state index in [9.17, 15) is 0 Å². The Labute approximate surface area is 107 Å². The van der Waals surface area contributed by atoms with Gasteiger partial charge in [0.15, 0.2) is 0 Å². The summed E-state index contributed by atoms with van der Waals surface area (Å²) in [6.45, 7) is 6.19. The van der Waals surface area contributed by atoms with Crippen LogP contribution in [0.3, 0.4) is 0 Å². The molecule has 3 nitrogen and oxygen atoms in total. The fourth-order valence-corrected chi connectivity index (χ4v) is 3.04. The van der Waals surface area contributed by atoms with E-state index in [0.717, 1.165) is 20.9 Å². The second kappa shape index (κ2) is 4.59. The lowest BCUT2D eigenvalue weighted by Crippen LogP contribution is -2.06. The summed E-state index contributed by atoms with van der Waals surface area (Å²) in [6.07, 6.45) is 0. The standard InChI is InChI=1S/C11H14BrN3S/c1-6(9-4-5-10(12)16-9)13-11-7(2)14-15-8(11)3/h4-6,13H,1-3H3,(H,14,15). The third-order valence-electron chi connectivity index (χ3n) is 2.51. The van der Waals surface area contributed by atoms with Crippen LogP contribution in [0.2, 0.25) is 0 Å². The molecule has 5 heteroatoms. The first-order valence-corrected chi connectivity index (χ1v) is 6.72. The van der Waals surface area contributed by atoms with Gasteiger partial charge >= 0.3 is 0 Å². The molecule has 0 saturated heterocycles. The van der Waals surface area contributed by atoms with E-state index in [0.29, 0.717) is 6.04 Å². The molecule has 0 fully saturated rings. The first kappa shape index (κ1) is 11.7. The monoisotopic (exact) mass is 299 g/mol. The SMILES string of the molecule is Cc1n[nH]c(C)c1NC(C)c1ccc(Br)s1. The van der Waals surface area contributed by atoms with E-state index in [-0.39, 0.29) is 0 Å². The second-order valence-corrected chi connectivity index (χ2v) is 6.31. The van der Waals surface area contributed by atoms with Crippen molar-refractivity contribution in [2.75, 3.05) is 5.32 Å². The van der Waals surface area contributed by atoms with Crippen molar-refractivity contribution in [1.29, 1.82) is 0 Å². The van der Waals surface area contributed by atoms with E-state index >= 15 is 0 Å². The zero-order valence-corrected chi connectivity index (χ0v) is 11.9. The van der Waals surface area contributed by atoms with Crippen molar-refractivity contribution in [2.45, 2.75) is 26.8 Å². The normalized spacial score (nSPS) is 12.8. The van der Waals surface area contributed by atoms with E-state index < -0.39 is 0 Å². The van der Waals surface area contributed by atoms with Gasteiger partial charge in [-0.3, -0.25) is 5.10 Å². The van der Waals surface area contributed by atoms with Crippen molar-refractivity contribution in [1.82, 2.24) is 10.2 Å². The van der Waals surface area contributed by atoms with Crippen LogP contribution < -0.4 is 5.32 Å². The number of aromatic nitrogens is 2. The lowest BCUT2D eigenvalue weighted by atomic mass is 10.2. The Kier molecular flexibility index (Phi) is 3.35. The van der Waals surface area contributed by atoms with Gasteiger partial charge in [0.05, 0.1) is 26.9 Å². The van der Waals surface area contributed by atoms with E-state index in [1.165, 1.54) is 4.88 Å². The highest BCUT2D eigenvalue weighted by Gasteiger charge is 2.12. The number of thiophene rings is 1. The van der Waals surface area contributed by atoms with Crippen LogP contribution in [-0.4, -0.2) is 10.2 Å². The summed E-state index contributed by atoms with van der Waals surface area (Å²) >= 11 is 5.23. The molecule has 1 unspecified atom stereocenters. The summed E-state index contributed by atoms with van der Waals surface area (Å²) < 4.78 is 1.16. The van der Waals surface area contributed by atoms with E-state index in [4.69, 9.17) is 0 Å². The van der Waals surface area contributed by atoms with E-state index in [1.54, 1.807) is 11.3 Å². The number of nitrogens with zero attached hydrogens (tertiary/aromatic N) is 1. The lowest BCUT2D eigenvalue weighted by Gasteiger charge is -2.13. The molecule has 0 aliphatic heterocycles. The molecule has 2 rings (SSSR count). The van der Waals surface area contributed by atoms with Gasteiger partial charge < -0.3 is 5.32 Å². The van der Waals surface area contributed by atoms with Gasteiger partial charge in [0.2, 0.25) is 0 Å². The minimum atomic E-state index is 0.297. The predicted octanol–water partition coefficient (Wildman–Crippen LogP) is 4.02. The van der Waals surface area contributed by atoms with Gasteiger partial charge in [0.1, 0.15) is 0 Å². The van der Waals surface area contributed by atoms with Crippen LogP contribution in [0.15, 0.2) is 15.9 Å². The smallest absolute Gasteiger partial charge is 0.0825 e. The van der Waals surface area contributed by atoms with Crippen molar-refractivity contribution in [3.8, 4) is 0 Å². The maximum Gasteiger partial charge on any atom is 0.0825 e. The van der Waals surface area contributed by atoms with Crippen LogP contribution in [0.1, 0.15) is 29.2 Å². The zero-order chi connectivity index (χ0) is 11.7. The van der Waals surface area contributed by atoms with Gasteiger partial charge in [0.25, 0.3) is 0 Å². The molecule has 86 valence electrons. The Morgan fingerprint density at radius 2 is 2.19 bits per heavy atom. The van der Waals surface area contributed by atoms with Crippen LogP contribution in [0.4, 0.5) is 5.69 Å². The van der Waals surface area contributed by atoms with Crippen LogP contribution in [0, 0.1) is 13.8 Å². The summed E-state index contributed by atoms with van der Waals surface area (Å²) in [5.74, 6) is 0. The van der Waals surface area contributed by atoms with Crippen molar-refractivity contribution in [2.24, 2.45) is 0 Å². The molecular weight excluding hydrogens is 286 g/mol. The largest absolute Gasteiger partial charge is 0.375 e. The quantitative estimate of drug-likeness (QED) is 0.898. The van der Waals surface area contributed by atoms with Gasteiger partial charge in [-0.1, -0.05) is 0 Å². The molecule has 16 heavy (non-hydrogen) atoms. The summed E-state index contributed by atoms with van der Waals surface area (Å²) in [5, 5.41) is 10.6. The molecular formula is C11H14BrN3S. The van der Waals surface area contributed by atoms with Crippen LogP contribution >= 0.6 is 27.3 Å². The molecule has 0 amide bonds. The molecule has 2 N–H and O–H groups in total. The van der Waals surface area contributed by atoms with Crippen molar-refractivity contribution in [3.05, 3.63) is 32.2 Å². The zero-order valence-electron chi connectivity index (χ0n) is 9.47. The molecule has 0 aromatic carbocycles. The molecule has 2 aromatic heterocycles. The summed E-state index contributed by atoms with van der Waals surface area (Å²) in [7, 11) is 0. The van der Waals surface area contributed by atoms with Gasteiger partial charge in [-0.05, 0) is 48.8 Å². The number of nitrogens with one attached hydrogen (secondary N) is 2. The molecule has 0 radical (unpaired) electrons. The summed E-state index contributed by atoms with van der Waals surface area (Å²) in [4.78, 5) is 1.31. The highest BCUT2D eigenvalue weighted by atomic mass is 79.9. The Balaban J connectivity index is 2.16. The van der Waals surface area contributed by atoms with Gasteiger partial charge in [-0.25, -0.2) is 0 Å². The topological polar surface area (TPSA) is 40.7 Å². The van der Waals surface area contributed by atoms with Crippen LogP contribution in [0.25, 0.3) is 0 Å². The number of H-pyrrole nitrogens is 1. The summed E-state index contributed by atoms with van der Waals surface area (Å²) in [6, 6.07) is 4.51. The molecule has 2 heterocycles. The number of aryl methyl sites for hydroxylation is 2. The second-order valence-electron chi connectivity index (χ2n) is 3.82. The third kappa shape index (κ3) is 2.30. The number of aromatic amines is 1. The van der Waals surface area contributed by atoms with Gasteiger partial charge in [0, 0.05) is 4.88 Å². The van der Waals surface area contributed by atoms with Gasteiger partial charge in [-0.2, -0.15) is 5.10 Å². The average molecular weight is 300 g/mol. The highest BCUT2D eigenvalue weighted by molar-refractivity contribution is 9.11. The van der Waals surface area contributed by atoms with Gasteiger partial charge in [-0.15, -0.1) is 11.3 Å². The Hall–Kier alpha value is -0.810.